The molecule has 2 N–H and O–H groups in total. The first-order valence-electron chi connectivity index (χ1n) is 4.71. The highest BCUT2D eigenvalue weighted by atomic mass is 16.5. The van der Waals surface area contributed by atoms with Crippen LogP contribution in [0.4, 0.5) is 0 Å². The molecule has 1 rings (SSSR count). The fourth-order valence-corrected chi connectivity index (χ4v) is 1.26. The Hall–Kier alpha value is -1.22. The average molecular weight is 195 g/mol. The predicted octanol–water partition coefficient (Wildman–Crippen LogP) is 1.94. The van der Waals surface area contributed by atoms with Gasteiger partial charge in [0, 0.05) is 12.1 Å². The third kappa shape index (κ3) is 2.64. The standard InChI is InChI=1S/C11H17NO2/c1-8(2)14-10-4-5-11(13-3)9(6-10)7-12/h4-6,8H,7,12H2,1-3H3. The zero-order valence-corrected chi connectivity index (χ0v) is 8.91. The maximum Gasteiger partial charge on any atom is 0.123 e. The molecule has 0 amide bonds. The monoisotopic (exact) mass is 195 g/mol. The first kappa shape index (κ1) is 10.9. The van der Waals surface area contributed by atoms with Crippen molar-refractivity contribution in [2.24, 2.45) is 5.73 Å². The molecule has 0 heterocycles. The lowest BCUT2D eigenvalue weighted by atomic mass is 10.2. The lowest BCUT2D eigenvalue weighted by Crippen LogP contribution is -2.07. The first-order valence-corrected chi connectivity index (χ1v) is 4.71. The van der Waals surface area contributed by atoms with Crippen molar-refractivity contribution < 1.29 is 9.47 Å². The summed E-state index contributed by atoms with van der Waals surface area (Å²) >= 11 is 0. The van der Waals surface area contributed by atoms with Crippen molar-refractivity contribution in [3.05, 3.63) is 23.8 Å². The number of benzene rings is 1. The Morgan fingerprint density at radius 2 is 2.07 bits per heavy atom. The summed E-state index contributed by atoms with van der Waals surface area (Å²) in [4.78, 5) is 0. The summed E-state index contributed by atoms with van der Waals surface area (Å²) in [6, 6.07) is 5.68. The number of hydrogen-bond acceptors (Lipinski definition) is 3. The summed E-state index contributed by atoms with van der Waals surface area (Å²) in [7, 11) is 1.64. The molecule has 0 spiro atoms. The number of rotatable bonds is 4. The van der Waals surface area contributed by atoms with Gasteiger partial charge in [-0.3, -0.25) is 0 Å². The number of hydrogen-bond donors (Lipinski definition) is 1. The summed E-state index contributed by atoms with van der Waals surface area (Å²) in [5, 5.41) is 0. The molecule has 0 aliphatic carbocycles. The minimum atomic E-state index is 0.175. The molecule has 78 valence electrons. The van der Waals surface area contributed by atoms with E-state index in [4.69, 9.17) is 15.2 Å². The van der Waals surface area contributed by atoms with Gasteiger partial charge in [-0.1, -0.05) is 0 Å². The largest absolute Gasteiger partial charge is 0.496 e. The van der Waals surface area contributed by atoms with E-state index in [2.05, 4.69) is 0 Å². The molecule has 0 bridgehead atoms. The summed E-state index contributed by atoms with van der Waals surface area (Å²) in [5.41, 5.74) is 6.55. The lowest BCUT2D eigenvalue weighted by Gasteiger charge is -2.12. The smallest absolute Gasteiger partial charge is 0.123 e. The molecule has 0 aliphatic rings. The second-order valence-electron chi connectivity index (χ2n) is 3.34. The maximum absolute atomic E-state index is 5.59. The van der Waals surface area contributed by atoms with Gasteiger partial charge in [0.05, 0.1) is 13.2 Å². The van der Waals surface area contributed by atoms with Gasteiger partial charge >= 0.3 is 0 Å². The minimum absolute atomic E-state index is 0.175. The van der Waals surface area contributed by atoms with Crippen LogP contribution in [0.5, 0.6) is 11.5 Å². The zero-order chi connectivity index (χ0) is 10.6. The van der Waals surface area contributed by atoms with Crippen LogP contribution in [-0.4, -0.2) is 13.2 Å². The molecule has 1 aromatic carbocycles. The molecular formula is C11H17NO2. The molecule has 0 fully saturated rings. The van der Waals surface area contributed by atoms with E-state index in [-0.39, 0.29) is 6.10 Å². The van der Waals surface area contributed by atoms with E-state index in [9.17, 15) is 0 Å². The zero-order valence-electron chi connectivity index (χ0n) is 8.91. The second-order valence-corrected chi connectivity index (χ2v) is 3.34. The van der Waals surface area contributed by atoms with Crippen molar-refractivity contribution in [3.8, 4) is 11.5 Å². The Labute approximate surface area is 84.8 Å². The highest BCUT2D eigenvalue weighted by Crippen LogP contribution is 2.24. The van der Waals surface area contributed by atoms with E-state index < -0.39 is 0 Å². The van der Waals surface area contributed by atoms with Crippen molar-refractivity contribution in [3.63, 3.8) is 0 Å². The van der Waals surface area contributed by atoms with Gasteiger partial charge in [-0.15, -0.1) is 0 Å². The predicted molar refractivity (Wildman–Crippen MR) is 56.6 cm³/mol. The van der Waals surface area contributed by atoms with E-state index in [1.165, 1.54) is 0 Å². The van der Waals surface area contributed by atoms with Crippen LogP contribution in [0, 0.1) is 0 Å². The van der Waals surface area contributed by atoms with Gasteiger partial charge < -0.3 is 15.2 Å². The van der Waals surface area contributed by atoms with E-state index in [1.807, 2.05) is 32.0 Å². The molecule has 0 saturated heterocycles. The van der Waals surface area contributed by atoms with Gasteiger partial charge in [0.1, 0.15) is 11.5 Å². The Balaban J connectivity index is 2.89. The van der Waals surface area contributed by atoms with Gasteiger partial charge in [-0.2, -0.15) is 0 Å². The SMILES string of the molecule is COc1ccc(OC(C)C)cc1CN. The second kappa shape index (κ2) is 4.86. The molecule has 14 heavy (non-hydrogen) atoms. The molecular weight excluding hydrogens is 178 g/mol. The van der Waals surface area contributed by atoms with Crippen molar-refractivity contribution >= 4 is 0 Å². The van der Waals surface area contributed by atoms with E-state index in [1.54, 1.807) is 7.11 Å². The molecule has 0 unspecified atom stereocenters. The summed E-state index contributed by atoms with van der Waals surface area (Å²) in [6.07, 6.45) is 0.175. The van der Waals surface area contributed by atoms with Gasteiger partial charge in [-0.05, 0) is 32.0 Å². The van der Waals surface area contributed by atoms with Gasteiger partial charge in [-0.25, -0.2) is 0 Å². The Morgan fingerprint density at radius 3 is 2.57 bits per heavy atom. The first-order chi connectivity index (χ1) is 6.67. The third-order valence-corrected chi connectivity index (χ3v) is 1.84. The quantitative estimate of drug-likeness (QED) is 0.798. The number of nitrogens with two attached hydrogens (primary N) is 1. The molecule has 3 nitrogen and oxygen atoms in total. The third-order valence-electron chi connectivity index (χ3n) is 1.84. The van der Waals surface area contributed by atoms with Crippen molar-refractivity contribution in [2.45, 2.75) is 26.5 Å². The van der Waals surface area contributed by atoms with Gasteiger partial charge in [0.15, 0.2) is 0 Å². The van der Waals surface area contributed by atoms with Crippen molar-refractivity contribution in [2.75, 3.05) is 7.11 Å². The van der Waals surface area contributed by atoms with Crippen molar-refractivity contribution in [1.82, 2.24) is 0 Å². The topological polar surface area (TPSA) is 44.5 Å². The van der Waals surface area contributed by atoms with E-state index >= 15 is 0 Å². The van der Waals surface area contributed by atoms with Crippen LogP contribution in [0.2, 0.25) is 0 Å². The summed E-state index contributed by atoms with van der Waals surface area (Å²) < 4.78 is 10.7. The highest BCUT2D eigenvalue weighted by Gasteiger charge is 2.04. The summed E-state index contributed by atoms with van der Waals surface area (Å²) in [6.45, 7) is 4.44. The molecule has 0 aromatic heterocycles. The minimum Gasteiger partial charge on any atom is -0.496 e. The number of methoxy groups -OCH3 is 1. The van der Waals surface area contributed by atoms with Crippen LogP contribution in [0.3, 0.4) is 0 Å². The molecule has 0 aliphatic heterocycles. The van der Waals surface area contributed by atoms with Crippen LogP contribution in [0.15, 0.2) is 18.2 Å². The molecule has 1 aromatic rings. The van der Waals surface area contributed by atoms with Gasteiger partial charge in [0.2, 0.25) is 0 Å². The van der Waals surface area contributed by atoms with Gasteiger partial charge in [0.25, 0.3) is 0 Å². The van der Waals surface area contributed by atoms with Crippen LogP contribution in [0.1, 0.15) is 19.4 Å². The van der Waals surface area contributed by atoms with Crippen LogP contribution in [0.25, 0.3) is 0 Å². The molecule has 0 radical (unpaired) electrons. The Bertz CT molecular complexity index is 297. The Kier molecular flexibility index (Phi) is 3.77. The summed E-state index contributed by atoms with van der Waals surface area (Å²) in [5.74, 6) is 1.64. The average Bonchev–Trinajstić information content (AvgIpc) is 2.16. The lowest BCUT2D eigenvalue weighted by molar-refractivity contribution is 0.242. The molecule has 0 saturated carbocycles. The molecule has 3 heteroatoms. The normalized spacial score (nSPS) is 10.4. The fourth-order valence-electron chi connectivity index (χ4n) is 1.26. The highest BCUT2D eigenvalue weighted by molar-refractivity contribution is 5.40. The van der Waals surface area contributed by atoms with E-state index in [0.717, 1.165) is 17.1 Å². The van der Waals surface area contributed by atoms with Crippen LogP contribution in [-0.2, 0) is 6.54 Å². The van der Waals surface area contributed by atoms with Crippen LogP contribution < -0.4 is 15.2 Å². The van der Waals surface area contributed by atoms with E-state index in [0.29, 0.717) is 6.54 Å². The van der Waals surface area contributed by atoms with Crippen molar-refractivity contribution in [1.29, 1.82) is 0 Å². The molecule has 0 atom stereocenters. The Morgan fingerprint density at radius 1 is 1.36 bits per heavy atom. The maximum atomic E-state index is 5.59. The fraction of sp³-hybridized carbons (Fsp3) is 0.455. The number of ether oxygens (including phenoxy) is 2. The van der Waals surface area contributed by atoms with Crippen LogP contribution >= 0.6 is 0 Å².